The molecule has 0 aliphatic rings. The summed E-state index contributed by atoms with van der Waals surface area (Å²) in [5, 5.41) is 30.7. The normalized spacial score (nSPS) is 12.0. The molecule has 0 bridgehead atoms. The van der Waals surface area contributed by atoms with Crippen LogP contribution >= 0.6 is 12.6 Å². The van der Waals surface area contributed by atoms with E-state index in [1.165, 1.54) is 58.3 Å². The Morgan fingerprint density at radius 2 is 1.12 bits per heavy atom. The quantitative estimate of drug-likeness (QED) is 0.0350. The van der Waals surface area contributed by atoms with Gasteiger partial charge in [0.15, 0.2) is 19.7 Å². The standard InChI is InChI=1S/C36H60N2O12S/c1-30(38(36(44)45,27-34(40)41)28-35(42)43)13-9-10-18-37-33(39)29-50-32-16-14-31(15-17-32)49-25-24-48-23-22-47-21-20-46-19-11-7-5-3-2-4-6-8-12-26-51/h14-17,30H,2-13,18-29H2,1H3,(H4-,37,39,40,41,42,43,44,45,51)/p+1. The summed E-state index contributed by atoms with van der Waals surface area (Å²) in [5.41, 5.74) is 0. The first-order chi connectivity index (χ1) is 24.6. The highest BCUT2D eigenvalue weighted by atomic mass is 32.1. The first kappa shape index (κ1) is 45.9. The van der Waals surface area contributed by atoms with Crippen LogP contribution < -0.4 is 14.8 Å². The molecule has 0 aromatic heterocycles. The molecule has 1 atom stereocenters. The monoisotopic (exact) mass is 745 g/mol. The van der Waals surface area contributed by atoms with Crippen LogP contribution in [-0.2, 0) is 28.6 Å². The smallest absolute Gasteiger partial charge is 0.491 e. The molecule has 14 nitrogen and oxygen atoms in total. The zero-order valence-electron chi connectivity index (χ0n) is 30.3. The van der Waals surface area contributed by atoms with Gasteiger partial charge < -0.3 is 44.3 Å². The Hall–Kier alpha value is -3.11. The molecular formula is C36H61N2O12S+. The summed E-state index contributed by atoms with van der Waals surface area (Å²) in [5.74, 6) is -1.01. The van der Waals surface area contributed by atoms with Gasteiger partial charge in [0, 0.05) is 13.2 Å². The summed E-state index contributed by atoms with van der Waals surface area (Å²) in [7, 11) is 0. The lowest BCUT2D eigenvalue weighted by Gasteiger charge is -2.35. The molecule has 1 aromatic rings. The average molecular weight is 746 g/mol. The van der Waals surface area contributed by atoms with Crippen molar-refractivity contribution in [1.82, 2.24) is 5.32 Å². The maximum Gasteiger partial charge on any atom is 0.514 e. The summed E-state index contributed by atoms with van der Waals surface area (Å²) in [6.07, 6.45) is 11.2. The van der Waals surface area contributed by atoms with Crippen LogP contribution in [0, 0.1) is 0 Å². The van der Waals surface area contributed by atoms with E-state index in [0.717, 1.165) is 18.8 Å². The van der Waals surface area contributed by atoms with Gasteiger partial charge in [-0.05, 0) is 69.0 Å². The molecule has 0 saturated carbocycles. The van der Waals surface area contributed by atoms with Crippen LogP contribution in [0.3, 0.4) is 0 Å². The van der Waals surface area contributed by atoms with Crippen molar-refractivity contribution in [2.45, 2.75) is 90.0 Å². The zero-order chi connectivity index (χ0) is 37.6. The lowest BCUT2D eigenvalue weighted by Crippen LogP contribution is -2.62. The number of thiol groups is 1. The second kappa shape index (κ2) is 29.5. The lowest BCUT2D eigenvalue weighted by atomic mass is 10.1. The van der Waals surface area contributed by atoms with E-state index in [1.54, 1.807) is 24.3 Å². The third-order valence-corrected chi connectivity index (χ3v) is 8.63. The van der Waals surface area contributed by atoms with E-state index in [1.807, 2.05) is 0 Å². The number of carboxylic acid groups (broad SMARTS) is 3. The second-order valence-electron chi connectivity index (χ2n) is 12.5. The summed E-state index contributed by atoms with van der Waals surface area (Å²) >= 11 is 4.24. The van der Waals surface area contributed by atoms with Crippen LogP contribution in [0.5, 0.6) is 11.5 Å². The van der Waals surface area contributed by atoms with E-state index in [0.29, 0.717) is 70.5 Å². The van der Waals surface area contributed by atoms with Gasteiger partial charge in [-0.3, -0.25) is 4.79 Å². The van der Waals surface area contributed by atoms with Crippen LogP contribution in [0.4, 0.5) is 4.79 Å². The zero-order valence-corrected chi connectivity index (χ0v) is 31.2. The number of hydrogen-bond donors (Lipinski definition) is 5. The van der Waals surface area contributed by atoms with Gasteiger partial charge in [0.25, 0.3) is 5.91 Å². The minimum absolute atomic E-state index is 0.202. The van der Waals surface area contributed by atoms with Crippen molar-refractivity contribution in [3.05, 3.63) is 24.3 Å². The molecule has 0 saturated heterocycles. The Bertz CT molecular complexity index is 1080. The molecule has 0 aliphatic carbocycles. The number of rotatable bonds is 34. The molecule has 0 spiro atoms. The number of carboxylic acids is 2. The van der Waals surface area contributed by atoms with Crippen molar-refractivity contribution in [2.24, 2.45) is 0 Å². The van der Waals surface area contributed by atoms with E-state index in [9.17, 15) is 24.3 Å². The third kappa shape index (κ3) is 23.1. The first-order valence-corrected chi connectivity index (χ1v) is 18.7. The molecular weight excluding hydrogens is 684 g/mol. The summed E-state index contributed by atoms with van der Waals surface area (Å²) in [4.78, 5) is 46.5. The number of carbonyl (C=O) groups is 4. The molecule has 1 unspecified atom stereocenters. The Morgan fingerprint density at radius 1 is 0.647 bits per heavy atom. The van der Waals surface area contributed by atoms with Crippen molar-refractivity contribution >= 4 is 36.6 Å². The first-order valence-electron chi connectivity index (χ1n) is 18.1. The van der Waals surface area contributed by atoms with Crippen LogP contribution in [0.2, 0.25) is 0 Å². The van der Waals surface area contributed by atoms with Gasteiger partial charge in [0.05, 0.1) is 39.1 Å². The number of amides is 2. The van der Waals surface area contributed by atoms with Gasteiger partial charge in [-0.25, -0.2) is 14.1 Å². The van der Waals surface area contributed by atoms with E-state index in [4.69, 9.17) is 33.9 Å². The number of hydrogen-bond acceptors (Lipinski definition) is 10. The topological polar surface area (TPSA) is 187 Å². The number of quaternary nitrogens is 1. The number of benzene rings is 1. The fourth-order valence-electron chi connectivity index (χ4n) is 5.36. The molecule has 15 heteroatoms. The van der Waals surface area contributed by atoms with Gasteiger partial charge in [0.2, 0.25) is 0 Å². The minimum atomic E-state index is -1.51. The van der Waals surface area contributed by atoms with E-state index in [2.05, 4.69) is 17.9 Å². The summed E-state index contributed by atoms with van der Waals surface area (Å²) in [6.45, 7) is 3.59. The minimum Gasteiger partial charge on any atom is -0.491 e. The van der Waals surface area contributed by atoms with E-state index >= 15 is 0 Å². The number of aliphatic carboxylic acids is 2. The maximum absolute atomic E-state index is 12.2. The van der Waals surface area contributed by atoms with E-state index in [-0.39, 0.29) is 18.9 Å². The molecule has 292 valence electrons. The van der Waals surface area contributed by atoms with Crippen molar-refractivity contribution < 1.29 is 62.7 Å². The van der Waals surface area contributed by atoms with Gasteiger partial charge in [-0.2, -0.15) is 17.4 Å². The summed E-state index contributed by atoms with van der Waals surface area (Å²) in [6, 6.07) is 6.09. The van der Waals surface area contributed by atoms with Gasteiger partial charge in [-0.1, -0.05) is 44.9 Å². The highest BCUT2D eigenvalue weighted by Gasteiger charge is 2.46. The Labute approximate surface area is 308 Å². The van der Waals surface area contributed by atoms with Gasteiger partial charge in [-0.15, -0.1) is 0 Å². The molecule has 1 aromatic carbocycles. The maximum atomic E-state index is 12.2. The molecule has 4 N–H and O–H groups in total. The number of nitrogens with zero attached hydrogens (tertiary/aromatic N) is 1. The molecule has 2 amide bonds. The highest BCUT2D eigenvalue weighted by molar-refractivity contribution is 7.80. The average Bonchev–Trinajstić information content (AvgIpc) is 3.09. The van der Waals surface area contributed by atoms with Crippen molar-refractivity contribution in [1.29, 1.82) is 0 Å². The molecule has 0 heterocycles. The SMILES string of the molecule is CC(CCCCNC(=O)COc1ccc(OCCOCCOCCOCCCCCCCCCCCS)cc1)[N+](CC(=O)O)(CC(=O)O)C(=O)O. The van der Waals surface area contributed by atoms with Crippen molar-refractivity contribution in [3.8, 4) is 11.5 Å². The fraction of sp³-hybridized carbons (Fsp3) is 0.722. The van der Waals surface area contributed by atoms with E-state index < -0.39 is 41.6 Å². The predicted molar refractivity (Wildman–Crippen MR) is 195 cm³/mol. The lowest BCUT2D eigenvalue weighted by molar-refractivity contribution is -0.867. The van der Waals surface area contributed by atoms with Crippen molar-refractivity contribution in [3.63, 3.8) is 0 Å². The highest BCUT2D eigenvalue weighted by Crippen LogP contribution is 2.20. The number of ether oxygens (including phenoxy) is 5. The Balaban J connectivity index is 2.05. The van der Waals surface area contributed by atoms with Crippen LogP contribution in [0.1, 0.15) is 84.0 Å². The number of unbranched alkanes of at least 4 members (excludes halogenated alkanes) is 9. The summed E-state index contributed by atoms with van der Waals surface area (Å²) < 4.78 is 26.8. The largest absolute Gasteiger partial charge is 0.514 e. The molecule has 51 heavy (non-hydrogen) atoms. The number of carbonyl (C=O) groups excluding carboxylic acids is 1. The predicted octanol–water partition coefficient (Wildman–Crippen LogP) is 5.27. The number of nitrogens with one attached hydrogen (secondary N) is 1. The Kier molecular flexibility index (Phi) is 26.5. The van der Waals surface area contributed by atoms with Gasteiger partial charge >= 0.3 is 18.0 Å². The van der Waals surface area contributed by atoms with Gasteiger partial charge in [0.1, 0.15) is 18.1 Å². The van der Waals surface area contributed by atoms with Crippen molar-refractivity contribution in [2.75, 3.05) is 78.2 Å². The van der Waals surface area contributed by atoms with Crippen LogP contribution in [-0.4, -0.2) is 128 Å². The fourth-order valence-corrected chi connectivity index (χ4v) is 5.58. The molecule has 0 aliphatic heterocycles. The Morgan fingerprint density at radius 3 is 1.63 bits per heavy atom. The van der Waals surface area contributed by atoms with Crippen LogP contribution in [0.25, 0.3) is 0 Å². The third-order valence-electron chi connectivity index (χ3n) is 8.31. The molecule has 0 radical (unpaired) electrons. The second-order valence-corrected chi connectivity index (χ2v) is 12.9. The molecule has 0 fully saturated rings. The van der Waals surface area contributed by atoms with Crippen LogP contribution in [0.15, 0.2) is 24.3 Å². The molecule has 1 rings (SSSR count).